The molecule has 0 radical (unpaired) electrons. The molecule has 2 aromatic rings. The summed E-state index contributed by atoms with van der Waals surface area (Å²) in [5, 5.41) is 5.92. The molecule has 0 saturated carbocycles. The number of rotatable bonds is 1. The first kappa shape index (κ1) is 8.32. The number of benzene rings is 1. The van der Waals surface area contributed by atoms with Crippen molar-refractivity contribution in [3.63, 3.8) is 0 Å². The Labute approximate surface area is 81.4 Å². The maximum atomic E-state index is 6.04. The van der Waals surface area contributed by atoms with Crippen molar-refractivity contribution in [1.82, 2.24) is 9.78 Å². The zero-order valence-corrected chi connectivity index (χ0v) is 8.04. The van der Waals surface area contributed by atoms with E-state index in [-0.39, 0.29) is 0 Å². The van der Waals surface area contributed by atoms with Crippen molar-refractivity contribution >= 4 is 28.6 Å². The predicted molar refractivity (Wildman–Crippen MR) is 55.8 cm³/mol. The fourth-order valence-corrected chi connectivity index (χ4v) is 1.73. The fraction of sp³-hybridized carbons (Fsp3) is 0.100. The lowest BCUT2D eigenvalue weighted by Gasteiger charge is -1.99. The summed E-state index contributed by atoms with van der Waals surface area (Å²) in [7, 11) is 1.88. The molecule has 0 atom stereocenters. The van der Waals surface area contributed by atoms with Gasteiger partial charge in [-0.15, -0.1) is 0 Å². The van der Waals surface area contributed by atoms with E-state index in [0.29, 0.717) is 0 Å². The number of nitrogens with zero attached hydrogens (tertiary/aromatic N) is 2. The fourth-order valence-electron chi connectivity index (χ4n) is 1.44. The molecule has 0 fully saturated rings. The molecule has 0 N–H and O–H groups in total. The third kappa shape index (κ3) is 1.14. The second-order valence-corrected chi connectivity index (χ2v) is 3.28. The van der Waals surface area contributed by atoms with Crippen molar-refractivity contribution in [3.05, 3.63) is 35.5 Å². The van der Waals surface area contributed by atoms with Crippen LogP contribution in [0.4, 0.5) is 0 Å². The highest BCUT2D eigenvalue weighted by atomic mass is 35.5. The monoisotopic (exact) mass is 192 g/mol. The van der Waals surface area contributed by atoms with Crippen molar-refractivity contribution in [2.45, 2.75) is 0 Å². The van der Waals surface area contributed by atoms with E-state index in [4.69, 9.17) is 11.6 Å². The molecule has 2 nitrogen and oxygen atoms in total. The van der Waals surface area contributed by atoms with Gasteiger partial charge in [0.1, 0.15) is 0 Å². The molecular weight excluding hydrogens is 184 g/mol. The zero-order chi connectivity index (χ0) is 9.42. The van der Waals surface area contributed by atoms with Crippen LogP contribution in [0.5, 0.6) is 0 Å². The van der Waals surface area contributed by atoms with E-state index in [0.717, 1.165) is 21.5 Å². The molecule has 1 aromatic heterocycles. The lowest BCUT2D eigenvalue weighted by atomic mass is 10.1. The summed E-state index contributed by atoms with van der Waals surface area (Å²) >= 11 is 6.04. The van der Waals surface area contributed by atoms with E-state index in [1.165, 1.54) is 0 Å². The van der Waals surface area contributed by atoms with Gasteiger partial charge in [-0.2, -0.15) is 5.10 Å². The molecule has 66 valence electrons. The van der Waals surface area contributed by atoms with Crippen LogP contribution >= 0.6 is 11.6 Å². The number of aromatic nitrogens is 2. The van der Waals surface area contributed by atoms with Crippen LogP contribution in [0.25, 0.3) is 17.0 Å². The van der Waals surface area contributed by atoms with Crippen LogP contribution < -0.4 is 0 Å². The van der Waals surface area contributed by atoms with Crippen LogP contribution in [0.15, 0.2) is 24.9 Å². The van der Waals surface area contributed by atoms with E-state index >= 15 is 0 Å². The average Bonchev–Trinajstić information content (AvgIpc) is 2.50. The van der Waals surface area contributed by atoms with Gasteiger partial charge in [0.15, 0.2) is 0 Å². The highest BCUT2D eigenvalue weighted by molar-refractivity contribution is 6.35. The molecule has 0 spiro atoms. The highest BCUT2D eigenvalue weighted by Gasteiger charge is 2.06. The van der Waals surface area contributed by atoms with Crippen molar-refractivity contribution in [1.29, 1.82) is 0 Å². The first-order chi connectivity index (χ1) is 6.24. The predicted octanol–water partition coefficient (Wildman–Crippen LogP) is 2.87. The number of hydrogen-bond donors (Lipinski definition) is 0. The molecule has 1 aromatic carbocycles. The minimum absolute atomic E-state index is 0.723. The molecule has 0 saturated heterocycles. The molecule has 0 amide bonds. The van der Waals surface area contributed by atoms with Crippen molar-refractivity contribution in [3.8, 4) is 0 Å². The molecule has 0 unspecified atom stereocenters. The van der Waals surface area contributed by atoms with E-state index in [9.17, 15) is 0 Å². The smallest absolute Gasteiger partial charge is 0.0871 e. The summed E-state index contributed by atoms with van der Waals surface area (Å²) in [6.45, 7) is 3.74. The Kier molecular flexibility index (Phi) is 1.85. The Balaban J connectivity index is 2.95. The summed E-state index contributed by atoms with van der Waals surface area (Å²) in [6, 6.07) is 3.81. The highest BCUT2D eigenvalue weighted by Crippen LogP contribution is 2.26. The zero-order valence-electron chi connectivity index (χ0n) is 7.29. The van der Waals surface area contributed by atoms with Gasteiger partial charge in [-0.3, -0.25) is 4.68 Å². The van der Waals surface area contributed by atoms with Crippen molar-refractivity contribution in [2.75, 3.05) is 0 Å². The summed E-state index contributed by atoms with van der Waals surface area (Å²) < 4.78 is 1.77. The van der Waals surface area contributed by atoms with Crippen LogP contribution in [0.2, 0.25) is 5.02 Å². The first-order valence-corrected chi connectivity index (χ1v) is 4.34. The second kappa shape index (κ2) is 2.89. The standard InChI is InChI=1S/C10H9ClN2/c1-3-7-4-5-9(11)10-8(7)6-12-13(10)2/h3-6H,1H2,2H3. The van der Waals surface area contributed by atoms with E-state index in [1.807, 2.05) is 19.2 Å². The Bertz CT molecular complexity index is 471. The Morgan fingerprint density at radius 1 is 1.54 bits per heavy atom. The van der Waals surface area contributed by atoms with Crippen molar-refractivity contribution < 1.29 is 0 Å². The van der Waals surface area contributed by atoms with Gasteiger partial charge in [-0.05, 0) is 11.6 Å². The maximum Gasteiger partial charge on any atom is 0.0871 e. The van der Waals surface area contributed by atoms with Gasteiger partial charge >= 0.3 is 0 Å². The Morgan fingerprint density at radius 3 is 3.00 bits per heavy atom. The molecule has 0 aliphatic heterocycles. The van der Waals surface area contributed by atoms with E-state index in [1.54, 1.807) is 17.0 Å². The summed E-state index contributed by atoms with van der Waals surface area (Å²) in [5.41, 5.74) is 2.02. The SMILES string of the molecule is C=Cc1ccc(Cl)c2c1cnn2C. The van der Waals surface area contributed by atoms with Gasteiger partial charge in [-0.25, -0.2) is 0 Å². The van der Waals surface area contributed by atoms with Gasteiger partial charge in [0, 0.05) is 12.4 Å². The molecule has 0 aliphatic rings. The van der Waals surface area contributed by atoms with Crippen LogP contribution in [0.3, 0.4) is 0 Å². The minimum atomic E-state index is 0.723. The van der Waals surface area contributed by atoms with Crippen LogP contribution in [-0.2, 0) is 7.05 Å². The van der Waals surface area contributed by atoms with Gasteiger partial charge in [0.2, 0.25) is 0 Å². The van der Waals surface area contributed by atoms with E-state index in [2.05, 4.69) is 11.7 Å². The van der Waals surface area contributed by atoms with Crippen molar-refractivity contribution in [2.24, 2.45) is 7.05 Å². The van der Waals surface area contributed by atoms with Gasteiger partial charge in [0.05, 0.1) is 16.7 Å². The number of hydrogen-bond acceptors (Lipinski definition) is 1. The molecule has 1 heterocycles. The molecule has 2 rings (SSSR count). The molecule has 0 aliphatic carbocycles. The normalized spacial score (nSPS) is 10.6. The summed E-state index contributed by atoms with van der Waals surface area (Å²) in [4.78, 5) is 0. The summed E-state index contributed by atoms with van der Waals surface area (Å²) in [6.07, 6.45) is 3.61. The molecule has 3 heteroatoms. The van der Waals surface area contributed by atoms with Gasteiger partial charge in [0.25, 0.3) is 0 Å². The first-order valence-electron chi connectivity index (χ1n) is 3.96. The molecular formula is C10H9ClN2. The van der Waals surface area contributed by atoms with Gasteiger partial charge < -0.3 is 0 Å². The van der Waals surface area contributed by atoms with E-state index < -0.39 is 0 Å². The molecule has 13 heavy (non-hydrogen) atoms. The number of fused-ring (bicyclic) bond motifs is 1. The number of aryl methyl sites for hydroxylation is 1. The Hall–Kier alpha value is -1.28. The van der Waals surface area contributed by atoms with Crippen LogP contribution in [0.1, 0.15) is 5.56 Å². The quantitative estimate of drug-likeness (QED) is 0.680. The topological polar surface area (TPSA) is 17.8 Å². The lowest BCUT2D eigenvalue weighted by molar-refractivity contribution is 0.797. The molecule has 0 bridgehead atoms. The third-order valence-corrected chi connectivity index (χ3v) is 2.41. The average molecular weight is 193 g/mol. The van der Waals surface area contributed by atoms with Crippen LogP contribution in [0, 0.1) is 0 Å². The summed E-state index contributed by atoms with van der Waals surface area (Å²) in [5.74, 6) is 0. The lowest BCUT2D eigenvalue weighted by Crippen LogP contribution is -1.89. The number of halogens is 1. The maximum absolute atomic E-state index is 6.04. The third-order valence-electron chi connectivity index (χ3n) is 2.11. The minimum Gasteiger partial charge on any atom is -0.266 e. The second-order valence-electron chi connectivity index (χ2n) is 2.87. The Morgan fingerprint density at radius 2 is 2.31 bits per heavy atom. The van der Waals surface area contributed by atoms with Gasteiger partial charge in [-0.1, -0.05) is 30.3 Å². The largest absolute Gasteiger partial charge is 0.266 e. The van der Waals surface area contributed by atoms with Crippen LogP contribution in [-0.4, -0.2) is 9.78 Å².